The Kier molecular flexibility index (Phi) is 2.88. The number of nitrogens with zero attached hydrogens (tertiary/aromatic N) is 3. The molecular weight excluding hydrogens is 402 g/mol. The van der Waals surface area contributed by atoms with Crippen LogP contribution in [0.25, 0.3) is 43.6 Å². The van der Waals surface area contributed by atoms with Crippen molar-refractivity contribution in [3.8, 4) is 0 Å². The second-order valence-corrected chi connectivity index (χ2v) is 9.47. The molecule has 0 spiro atoms. The van der Waals surface area contributed by atoms with Gasteiger partial charge in [0.05, 0.1) is 27.6 Å². The third-order valence-electron chi connectivity index (χ3n) is 7.89. The van der Waals surface area contributed by atoms with Crippen molar-refractivity contribution in [1.29, 1.82) is 0 Å². The molecule has 2 aromatic heterocycles. The van der Waals surface area contributed by atoms with E-state index in [0.717, 1.165) is 67.6 Å². The molecular formula is C26H21N3O3. The van der Waals surface area contributed by atoms with Crippen molar-refractivity contribution < 1.29 is 14.6 Å². The maximum atomic E-state index is 13.5. The van der Waals surface area contributed by atoms with Gasteiger partial charge in [-0.05, 0) is 37.5 Å². The standard InChI is InChI=1S/C26H21N3O3/c1-26-11-10-19(32-26)28-17-8-4-2-6-14(17)21-22-16(12-27(13-30)25(22)31)20-15-7-3-5-9-18(15)29(26)24(20)23(21)28/h2-9,19,30H,10-13H2,1H3. The molecule has 1 fully saturated rings. The lowest BCUT2D eigenvalue weighted by atomic mass is 9.97. The van der Waals surface area contributed by atoms with Gasteiger partial charge in [-0.15, -0.1) is 0 Å². The quantitative estimate of drug-likeness (QED) is 0.421. The molecule has 3 aliphatic heterocycles. The molecule has 3 aliphatic rings. The van der Waals surface area contributed by atoms with Crippen LogP contribution in [0.5, 0.6) is 0 Å². The molecule has 1 saturated heterocycles. The largest absolute Gasteiger partial charge is 0.376 e. The van der Waals surface area contributed by atoms with Gasteiger partial charge in [0.15, 0.2) is 0 Å². The van der Waals surface area contributed by atoms with Crippen LogP contribution >= 0.6 is 0 Å². The lowest BCUT2D eigenvalue weighted by Gasteiger charge is -2.27. The number of para-hydroxylation sites is 2. The topological polar surface area (TPSA) is 59.6 Å². The molecule has 0 radical (unpaired) electrons. The van der Waals surface area contributed by atoms with Gasteiger partial charge in [-0.1, -0.05) is 36.4 Å². The van der Waals surface area contributed by atoms with Gasteiger partial charge in [0.1, 0.15) is 18.7 Å². The fraction of sp³-hybridized carbons (Fsp3) is 0.269. The van der Waals surface area contributed by atoms with Crippen LogP contribution in [0.3, 0.4) is 0 Å². The van der Waals surface area contributed by atoms with Crippen molar-refractivity contribution in [2.45, 2.75) is 38.3 Å². The molecule has 2 atom stereocenters. The third kappa shape index (κ3) is 1.70. The molecule has 32 heavy (non-hydrogen) atoms. The zero-order chi connectivity index (χ0) is 21.4. The molecule has 3 aromatic carbocycles. The average Bonchev–Trinajstić information content (AvgIpc) is 3.51. The predicted molar refractivity (Wildman–Crippen MR) is 122 cm³/mol. The molecule has 5 aromatic rings. The number of carbonyl (C=O) groups is 1. The number of hydrogen-bond donors (Lipinski definition) is 1. The minimum atomic E-state index is -0.452. The highest BCUT2D eigenvalue weighted by Crippen LogP contribution is 2.54. The number of aliphatic hydroxyl groups is 1. The second-order valence-electron chi connectivity index (χ2n) is 9.47. The molecule has 2 unspecified atom stereocenters. The minimum absolute atomic E-state index is 0.0761. The summed E-state index contributed by atoms with van der Waals surface area (Å²) in [6.45, 7) is 2.33. The predicted octanol–water partition coefficient (Wildman–Crippen LogP) is 4.80. The zero-order valence-corrected chi connectivity index (χ0v) is 17.6. The van der Waals surface area contributed by atoms with Crippen LogP contribution < -0.4 is 0 Å². The van der Waals surface area contributed by atoms with E-state index in [1.807, 2.05) is 6.07 Å². The maximum absolute atomic E-state index is 13.5. The number of amides is 1. The van der Waals surface area contributed by atoms with E-state index in [1.54, 1.807) is 4.90 Å². The Labute approximate surface area is 183 Å². The Morgan fingerprint density at radius 3 is 2.53 bits per heavy atom. The van der Waals surface area contributed by atoms with E-state index >= 15 is 0 Å². The number of aliphatic hydroxyl groups excluding tert-OH is 1. The van der Waals surface area contributed by atoms with Crippen molar-refractivity contribution in [2.75, 3.05) is 6.73 Å². The number of aromatic nitrogens is 2. The summed E-state index contributed by atoms with van der Waals surface area (Å²) < 4.78 is 11.5. The lowest BCUT2D eigenvalue weighted by molar-refractivity contribution is -0.100. The number of hydrogen-bond acceptors (Lipinski definition) is 3. The minimum Gasteiger partial charge on any atom is -0.376 e. The SMILES string of the molecule is CC12CCC(O1)n1c3ccccc3c3c4c(c5c6ccccc6n2c5c31)CN(CO)C4=O. The zero-order valence-electron chi connectivity index (χ0n) is 17.6. The normalized spacial score (nSPS) is 24.0. The first-order chi connectivity index (χ1) is 15.6. The summed E-state index contributed by atoms with van der Waals surface area (Å²) in [5, 5.41) is 14.3. The summed E-state index contributed by atoms with van der Waals surface area (Å²) in [6.07, 6.45) is 1.77. The van der Waals surface area contributed by atoms with Gasteiger partial charge in [-0.25, -0.2) is 0 Å². The molecule has 158 valence electrons. The molecule has 2 bridgehead atoms. The van der Waals surface area contributed by atoms with Gasteiger partial charge in [-0.2, -0.15) is 0 Å². The molecule has 1 amide bonds. The van der Waals surface area contributed by atoms with E-state index in [9.17, 15) is 9.90 Å². The maximum Gasteiger partial charge on any atom is 0.257 e. The average molecular weight is 423 g/mol. The van der Waals surface area contributed by atoms with Crippen LogP contribution in [-0.4, -0.2) is 31.8 Å². The molecule has 8 rings (SSSR count). The Balaban J connectivity index is 1.77. The van der Waals surface area contributed by atoms with Crippen LogP contribution in [0.1, 0.15) is 41.9 Å². The first kappa shape index (κ1) is 17.2. The highest BCUT2D eigenvalue weighted by molar-refractivity contribution is 6.30. The highest BCUT2D eigenvalue weighted by atomic mass is 16.5. The Bertz CT molecular complexity index is 1680. The van der Waals surface area contributed by atoms with Crippen LogP contribution in [0.2, 0.25) is 0 Å². The summed E-state index contributed by atoms with van der Waals surface area (Å²) in [5.41, 5.74) is 5.76. The van der Waals surface area contributed by atoms with E-state index in [0.29, 0.717) is 6.54 Å². The smallest absolute Gasteiger partial charge is 0.257 e. The molecule has 1 N–H and O–H groups in total. The molecule has 6 nitrogen and oxygen atoms in total. The first-order valence-electron chi connectivity index (χ1n) is 11.2. The Hall–Kier alpha value is -3.35. The summed E-state index contributed by atoms with van der Waals surface area (Å²) in [7, 11) is 0. The monoisotopic (exact) mass is 423 g/mol. The van der Waals surface area contributed by atoms with Gasteiger partial charge in [0.25, 0.3) is 5.91 Å². The summed E-state index contributed by atoms with van der Waals surface area (Å²) in [5.74, 6) is -0.0920. The number of fused-ring (bicyclic) bond motifs is 13. The van der Waals surface area contributed by atoms with E-state index in [1.165, 1.54) is 0 Å². The Morgan fingerprint density at radius 1 is 1.03 bits per heavy atom. The van der Waals surface area contributed by atoms with E-state index in [2.05, 4.69) is 58.5 Å². The lowest BCUT2D eigenvalue weighted by Crippen LogP contribution is -2.28. The number of benzene rings is 3. The van der Waals surface area contributed by atoms with Gasteiger partial charge < -0.3 is 23.9 Å². The van der Waals surface area contributed by atoms with Crippen LogP contribution in [-0.2, 0) is 17.0 Å². The fourth-order valence-corrected chi connectivity index (χ4v) is 6.66. The first-order valence-corrected chi connectivity index (χ1v) is 11.2. The van der Waals surface area contributed by atoms with Gasteiger partial charge in [-0.3, -0.25) is 4.79 Å². The van der Waals surface area contributed by atoms with Crippen LogP contribution in [0.4, 0.5) is 0 Å². The van der Waals surface area contributed by atoms with Gasteiger partial charge in [0.2, 0.25) is 0 Å². The summed E-state index contributed by atoms with van der Waals surface area (Å²) in [6, 6.07) is 16.8. The summed E-state index contributed by atoms with van der Waals surface area (Å²) in [4.78, 5) is 15.1. The number of ether oxygens (including phenoxy) is 1. The second kappa shape index (κ2) is 5.34. The summed E-state index contributed by atoms with van der Waals surface area (Å²) >= 11 is 0. The molecule has 6 heteroatoms. The van der Waals surface area contributed by atoms with E-state index in [4.69, 9.17) is 4.74 Å². The van der Waals surface area contributed by atoms with Gasteiger partial charge >= 0.3 is 0 Å². The Morgan fingerprint density at radius 2 is 1.75 bits per heavy atom. The van der Waals surface area contributed by atoms with E-state index < -0.39 is 5.72 Å². The van der Waals surface area contributed by atoms with Crippen LogP contribution in [0.15, 0.2) is 48.5 Å². The molecule has 0 saturated carbocycles. The van der Waals surface area contributed by atoms with Crippen molar-refractivity contribution >= 4 is 49.5 Å². The van der Waals surface area contributed by atoms with E-state index in [-0.39, 0.29) is 18.9 Å². The van der Waals surface area contributed by atoms with Gasteiger partial charge in [0, 0.05) is 28.1 Å². The molecule has 0 aliphatic carbocycles. The highest BCUT2D eigenvalue weighted by Gasteiger charge is 2.46. The van der Waals surface area contributed by atoms with Crippen molar-refractivity contribution in [3.05, 3.63) is 59.7 Å². The number of carbonyl (C=O) groups excluding carboxylic acids is 1. The fourth-order valence-electron chi connectivity index (χ4n) is 6.66. The van der Waals surface area contributed by atoms with Crippen molar-refractivity contribution in [1.82, 2.24) is 14.0 Å². The number of rotatable bonds is 1. The van der Waals surface area contributed by atoms with Crippen molar-refractivity contribution in [2.24, 2.45) is 0 Å². The third-order valence-corrected chi connectivity index (χ3v) is 7.89. The van der Waals surface area contributed by atoms with Crippen LogP contribution in [0, 0.1) is 0 Å². The molecule has 5 heterocycles. The van der Waals surface area contributed by atoms with Crippen molar-refractivity contribution in [3.63, 3.8) is 0 Å².